The van der Waals surface area contributed by atoms with Crippen LogP contribution in [-0.2, 0) is 9.59 Å². The third-order valence-corrected chi connectivity index (χ3v) is 4.86. The average molecular weight is 386 g/mol. The Kier molecular flexibility index (Phi) is 8.00. The zero-order valence-electron chi connectivity index (χ0n) is 14.5. The summed E-state index contributed by atoms with van der Waals surface area (Å²) in [5, 5.41) is 6.94. The number of nitrogens with one attached hydrogen (secondary N) is 2. The van der Waals surface area contributed by atoms with Crippen molar-refractivity contribution in [2.24, 2.45) is 5.92 Å². The van der Waals surface area contributed by atoms with E-state index in [1.807, 2.05) is 6.92 Å². The van der Waals surface area contributed by atoms with Gasteiger partial charge in [-0.1, -0.05) is 30.1 Å². The van der Waals surface area contributed by atoms with E-state index in [4.69, 9.17) is 23.2 Å². The zero-order chi connectivity index (χ0) is 18.2. The molecule has 2 N–H and O–H groups in total. The summed E-state index contributed by atoms with van der Waals surface area (Å²) < 4.78 is 0. The Morgan fingerprint density at radius 3 is 2.80 bits per heavy atom. The molecule has 2 rings (SSSR count). The fraction of sp³-hybridized carbons (Fsp3) is 0.556. The Balaban J connectivity index is 1.87. The number of carbonyl (C=O) groups is 2. The maximum Gasteiger partial charge on any atom is 0.244 e. The molecule has 25 heavy (non-hydrogen) atoms. The highest BCUT2D eigenvalue weighted by Gasteiger charge is 2.20. The van der Waals surface area contributed by atoms with Crippen LogP contribution in [0, 0.1) is 5.92 Å². The number of nitrogens with zero attached hydrogens (tertiary/aromatic N) is 1. The SMILES string of the molecule is CCCN(CC(=O)Nc1ccc(Cl)cc1Cl)C(=O)CCC1CCNC1. The van der Waals surface area contributed by atoms with Crippen LogP contribution in [0.2, 0.25) is 10.0 Å². The smallest absolute Gasteiger partial charge is 0.244 e. The Hall–Kier alpha value is -1.30. The first-order valence-corrected chi connectivity index (χ1v) is 9.48. The van der Waals surface area contributed by atoms with Gasteiger partial charge in [0, 0.05) is 18.0 Å². The first kappa shape index (κ1) is 20.0. The normalized spacial score (nSPS) is 16.7. The summed E-state index contributed by atoms with van der Waals surface area (Å²) in [6, 6.07) is 4.89. The van der Waals surface area contributed by atoms with Crippen molar-refractivity contribution in [3.05, 3.63) is 28.2 Å². The molecule has 138 valence electrons. The number of amides is 2. The number of halogens is 2. The molecule has 5 nitrogen and oxygen atoms in total. The summed E-state index contributed by atoms with van der Waals surface area (Å²) in [6.45, 7) is 4.62. The highest BCUT2D eigenvalue weighted by atomic mass is 35.5. The standard InChI is InChI=1S/C18H25Cl2N3O2/c1-2-9-23(18(25)6-3-13-7-8-21-11-13)12-17(24)22-16-5-4-14(19)10-15(16)20/h4-5,10,13,21H,2-3,6-9,11-12H2,1H3,(H,22,24). The van der Waals surface area contributed by atoms with E-state index in [1.54, 1.807) is 23.1 Å². The van der Waals surface area contributed by atoms with E-state index < -0.39 is 0 Å². The lowest BCUT2D eigenvalue weighted by molar-refractivity contribution is -0.135. The van der Waals surface area contributed by atoms with Crippen molar-refractivity contribution in [1.82, 2.24) is 10.2 Å². The quantitative estimate of drug-likeness (QED) is 0.718. The summed E-state index contributed by atoms with van der Waals surface area (Å²) in [4.78, 5) is 26.4. The molecule has 7 heteroatoms. The van der Waals surface area contributed by atoms with Crippen molar-refractivity contribution in [2.45, 2.75) is 32.6 Å². The number of carbonyl (C=O) groups excluding carboxylic acids is 2. The molecular weight excluding hydrogens is 361 g/mol. The maximum atomic E-state index is 12.5. The maximum absolute atomic E-state index is 12.5. The number of hydrogen-bond donors (Lipinski definition) is 2. The molecule has 2 amide bonds. The summed E-state index contributed by atoms with van der Waals surface area (Å²) in [6.07, 6.45) is 3.29. The largest absolute Gasteiger partial charge is 0.333 e. The second-order valence-corrected chi connectivity index (χ2v) is 7.23. The molecule has 0 aromatic heterocycles. The lowest BCUT2D eigenvalue weighted by atomic mass is 10.0. The van der Waals surface area contributed by atoms with E-state index in [0.29, 0.717) is 34.6 Å². The van der Waals surface area contributed by atoms with E-state index in [1.165, 1.54) is 0 Å². The van der Waals surface area contributed by atoms with Gasteiger partial charge >= 0.3 is 0 Å². The van der Waals surface area contributed by atoms with E-state index in [-0.39, 0.29) is 18.4 Å². The minimum absolute atomic E-state index is 0.0334. The van der Waals surface area contributed by atoms with E-state index >= 15 is 0 Å². The van der Waals surface area contributed by atoms with Crippen LogP contribution in [0.25, 0.3) is 0 Å². The molecule has 1 saturated heterocycles. The van der Waals surface area contributed by atoms with Crippen LogP contribution in [-0.4, -0.2) is 42.9 Å². The third-order valence-electron chi connectivity index (χ3n) is 4.31. The predicted octanol–water partition coefficient (Wildman–Crippen LogP) is 3.56. The second kappa shape index (κ2) is 10.00. The topological polar surface area (TPSA) is 61.4 Å². The van der Waals surface area contributed by atoms with Crippen molar-refractivity contribution in [3.63, 3.8) is 0 Å². The Morgan fingerprint density at radius 1 is 1.36 bits per heavy atom. The van der Waals surface area contributed by atoms with Crippen LogP contribution < -0.4 is 10.6 Å². The molecule has 0 aliphatic carbocycles. The number of benzene rings is 1. The Bertz CT molecular complexity index is 604. The molecule has 1 atom stereocenters. The van der Waals surface area contributed by atoms with Gasteiger partial charge in [-0.15, -0.1) is 0 Å². The fourth-order valence-electron chi connectivity index (χ4n) is 2.96. The van der Waals surface area contributed by atoms with Gasteiger partial charge in [0.25, 0.3) is 0 Å². The van der Waals surface area contributed by atoms with Crippen LogP contribution in [0.4, 0.5) is 5.69 Å². The number of hydrogen-bond acceptors (Lipinski definition) is 3. The molecule has 1 aromatic rings. The molecule has 0 spiro atoms. The molecule has 1 unspecified atom stereocenters. The van der Waals surface area contributed by atoms with Gasteiger partial charge in [0.2, 0.25) is 11.8 Å². The minimum atomic E-state index is -0.256. The van der Waals surface area contributed by atoms with Crippen molar-refractivity contribution >= 4 is 40.7 Å². The molecule has 0 radical (unpaired) electrons. The molecule has 1 fully saturated rings. The van der Waals surface area contributed by atoms with Crippen LogP contribution in [0.1, 0.15) is 32.6 Å². The monoisotopic (exact) mass is 385 g/mol. The van der Waals surface area contributed by atoms with E-state index in [2.05, 4.69) is 10.6 Å². The average Bonchev–Trinajstić information content (AvgIpc) is 3.08. The third kappa shape index (κ3) is 6.49. The van der Waals surface area contributed by atoms with Gasteiger partial charge in [-0.2, -0.15) is 0 Å². The van der Waals surface area contributed by atoms with Gasteiger partial charge in [-0.05, 0) is 56.5 Å². The Labute approximate surface area is 159 Å². The number of anilines is 1. The van der Waals surface area contributed by atoms with Gasteiger partial charge in [0.1, 0.15) is 0 Å². The molecule has 1 aliphatic rings. The molecule has 1 aliphatic heterocycles. The van der Waals surface area contributed by atoms with Crippen molar-refractivity contribution in [1.29, 1.82) is 0 Å². The van der Waals surface area contributed by atoms with Crippen LogP contribution >= 0.6 is 23.2 Å². The van der Waals surface area contributed by atoms with E-state index in [0.717, 1.165) is 32.4 Å². The van der Waals surface area contributed by atoms with Gasteiger partial charge in [0.05, 0.1) is 17.3 Å². The summed E-state index contributed by atoms with van der Waals surface area (Å²) >= 11 is 11.9. The highest BCUT2D eigenvalue weighted by molar-refractivity contribution is 6.36. The first-order chi connectivity index (χ1) is 12.0. The summed E-state index contributed by atoms with van der Waals surface area (Å²) in [5.74, 6) is 0.341. The van der Waals surface area contributed by atoms with Crippen LogP contribution in [0.5, 0.6) is 0 Å². The second-order valence-electron chi connectivity index (χ2n) is 6.39. The summed E-state index contributed by atoms with van der Waals surface area (Å²) in [5.41, 5.74) is 0.497. The van der Waals surface area contributed by atoms with Gasteiger partial charge in [-0.3, -0.25) is 9.59 Å². The predicted molar refractivity (Wildman–Crippen MR) is 102 cm³/mol. The van der Waals surface area contributed by atoms with Gasteiger partial charge in [-0.25, -0.2) is 0 Å². The molecule has 1 aromatic carbocycles. The molecule has 0 bridgehead atoms. The molecule has 1 heterocycles. The zero-order valence-corrected chi connectivity index (χ0v) is 16.0. The van der Waals surface area contributed by atoms with Gasteiger partial charge < -0.3 is 15.5 Å². The summed E-state index contributed by atoms with van der Waals surface area (Å²) in [7, 11) is 0. The highest BCUT2D eigenvalue weighted by Crippen LogP contribution is 2.25. The minimum Gasteiger partial charge on any atom is -0.333 e. The lowest BCUT2D eigenvalue weighted by Crippen LogP contribution is -2.38. The van der Waals surface area contributed by atoms with E-state index in [9.17, 15) is 9.59 Å². The van der Waals surface area contributed by atoms with Gasteiger partial charge in [0.15, 0.2) is 0 Å². The molecule has 0 saturated carbocycles. The Morgan fingerprint density at radius 2 is 2.16 bits per heavy atom. The lowest BCUT2D eigenvalue weighted by Gasteiger charge is -2.22. The van der Waals surface area contributed by atoms with Crippen molar-refractivity contribution in [3.8, 4) is 0 Å². The first-order valence-electron chi connectivity index (χ1n) is 8.73. The molecular formula is C18H25Cl2N3O2. The van der Waals surface area contributed by atoms with Crippen molar-refractivity contribution in [2.75, 3.05) is 31.5 Å². The van der Waals surface area contributed by atoms with Crippen LogP contribution in [0.15, 0.2) is 18.2 Å². The van der Waals surface area contributed by atoms with Crippen LogP contribution in [0.3, 0.4) is 0 Å². The number of rotatable bonds is 8. The fourth-order valence-corrected chi connectivity index (χ4v) is 3.42. The van der Waals surface area contributed by atoms with Crippen molar-refractivity contribution < 1.29 is 9.59 Å².